The first-order chi connectivity index (χ1) is 11.8. The van der Waals surface area contributed by atoms with Crippen LogP contribution in [0.1, 0.15) is 20.9 Å². The molecule has 0 bridgehead atoms. The highest BCUT2D eigenvalue weighted by Crippen LogP contribution is 2.30. The lowest BCUT2D eigenvalue weighted by Crippen LogP contribution is -2.13. The van der Waals surface area contributed by atoms with Crippen LogP contribution in [0.5, 0.6) is 0 Å². The normalized spacial score (nSPS) is 11.4. The molecule has 0 spiro atoms. The lowest BCUT2D eigenvalue weighted by molar-refractivity contribution is -0.137. The van der Waals surface area contributed by atoms with Gasteiger partial charge in [0.05, 0.1) is 16.3 Å². The number of rotatable bonds is 3. The fraction of sp³-hybridized carbons (Fsp3) is 0.111. The SMILES string of the molecule is Cc1nc(-c2ccc(C(=O)Nc3cccc(C(F)(F)F)c3)cc2)cs1. The zero-order valence-corrected chi connectivity index (χ0v) is 13.9. The average molecular weight is 362 g/mol. The largest absolute Gasteiger partial charge is 0.416 e. The number of aromatic nitrogens is 1. The number of halogens is 3. The molecular weight excluding hydrogens is 349 g/mol. The Hall–Kier alpha value is -2.67. The van der Waals surface area contributed by atoms with E-state index >= 15 is 0 Å². The van der Waals surface area contributed by atoms with E-state index < -0.39 is 17.6 Å². The molecule has 3 rings (SSSR count). The third-order valence-corrected chi connectivity index (χ3v) is 4.28. The van der Waals surface area contributed by atoms with Gasteiger partial charge < -0.3 is 5.32 Å². The van der Waals surface area contributed by atoms with E-state index in [9.17, 15) is 18.0 Å². The van der Waals surface area contributed by atoms with Crippen LogP contribution in [0.15, 0.2) is 53.9 Å². The second kappa shape index (κ2) is 6.68. The first-order valence-electron chi connectivity index (χ1n) is 7.34. The van der Waals surface area contributed by atoms with E-state index in [1.54, 1.807) is 24.3 Å². The number of alkyl halides is 3. The molecule has 0 atom stereocenters. The van der Waals surface area contributed by atoms with Crippen molar-refractivity contribution in [3.63, 3.8) is 0 Å². The number of carbonyl (C=O) groups is 1. The smallest absolute Gasteiger partial charge is 0.322 e. The fourth-order valence-electron chi connectivity index (χ4n) is 2.26. The Morgan fingerprint density at radius 3 is 2.44 bits per heavy atom. The summed E-state index contributed by atoms with van der Waals surface area (Å²) in [5.41, 5.74) is 1.35. The quantitative estimate of drug-likeness (QED) is 0.679. The summed E-state index contributed by atoms with van der Waals surface area (Å²) >= 11 is 1.53. The molecule has 1 amide bonds. The summed E-state index contributed by atoms with van der Waals surface area (Å²) in [6, 6.07) is 11.3. The van der Waals surface area contributed by atoms with Gasteiger partial charge in [-0.3, -0.25) is 4.79 Å². The van der Waals surface area contributed by atoms with Crippen molar-refractivity contribution in [3.8, 4) is 11.3 Å². The maximum absolute atomic E-state index is 12.7. The topological polar surface area (TPSA) is 42.0 Å². The van der Waals surface area contributed by atoms with E-state index in [0.29, 0.717) is 5.56 Å². The van der Waals surface area contributed by atoms with Crippen molar-refractivity contribution in [2.45, 2.75) is 13.1 Å². The van der Waals surface area contributed by atoms with Gasteiger partial charge in [-0.2, -0.15) is 13.2 Å². The van der Waals surface area contributed by atoms with Gasteiger partial charge in [-0.1, -0.05) is 18.2 Å². The zero-order valence-electron chi connectivity index (χ0n) is 13.1. The summed E-state index contributed by atoms with van der Waals surface area (Å²) in [6.45, 7) is 1.91. The Balaban J connectivity index is 1.75. The molecule has 0 saturated carbocycles. The maximum atomic E-state index is 12.7. The number of hydrogen-bond acceptors (Lipinski definition) is 3. The Bertz CT molecular complexity index is 901. The van der Waals surface area contributed by atoms with Crippen LogP contribution in [0, 0.1) is 6.92 Å². The maximum Gasteiger partial charge on any atom is 0.416 e. The number of amides is 1. The van der Waals surface area contributed by atoms with Gasteiger partial charge in [0.1, 0.15) is 0 Å². The van der Waals surface area contributed by atoms with Gasteiger partial charge in [0.2, 0.25) is 0 Å². The summed E-state index contributed by atoms with van der Waals surface area (Å²) in [6.07, 6.45) is -4.45. The minimum Gasteiger partial charge on any atom is -0.322 e. The highest BCUT2D eigenvalue weighted by Gasteiger charge is 2.30. The van der Waals surface area contributed by atoms with Crippen molar-refractivity contribution in [3.05, 3.63) is 70.0 Å². The highest BCUT2D eigenvalue weighted by molar-refractivity contribution is 7.09. The standard InChI is InChI=1S/C18H13F3N2OS/c1-11-22-16(10-25-11)12-5-7-13(8-6-12)17(24)23-15-4-2-3-14(9-15)18(19,20)21/h2-10H,1H3,(H,23,24). The second-order valence-corrected chi connectivity index (χ2v) is 6.42. The summed E-state index contributed by atoms with van der Waals surface area (Å²) in [7, 11) is 0. The molecule has 0 aliphatic carbocycles. The van der Waals surface area contributed by atoms with Crippen LogP contribution in [0.4, 0.5) is 18.9 Å². The van der Waals surface area contributed by atoms with Crippen LogP contribution in [0.3, 0.4) is 0 Å². The zero-order chi connectivity index (χ0) is 18.0. The number of aryl methyl sites for hydroxylation is 1. The second-order valence-electron chi connectivity index (χ2n) is 5.36. The first-order valence-corrected chi connectivity index (χ1v) is 8.22. The van der Waals surface area contributed by atoms with E-state index in [1.807, 2.05) is 12.3 Å². The van der Waals surface area contributed by atoms with Crippen LogP contribution in [0.2, 0.25) is 0 Å². The van der Waals surface area contributed by atoms with Crippen LogP contribution in [-0.2, 0) is 6.18 Å². The van der Waals surface area contributed by atoms with Gasteiger partial charge in [0, 0.05) is 22.2 Å². The number of nitrogens with zero attached hydrogens (tertiary/aromatic N) is 1. The monoisotopic (exact) mass is 362 g/mol. The van der Waals surface area contributed by atoms with Crippen LogP contribution >= 0.6 is 11.3 Å². The van der Waals surface area contributed by atoms with Crippen LogP contribution < -0.4 is 5.32 Å². The molecule has 0 aliphatic rings. The molecule has 1 N–H and O–H groups in total. The lowest BCUT2D eigenvalue weighted by Gasteiger charge is -2.10. The first kappa shape index (κ1) is 17.2. The minimum atomic E-state index is -4.45. The van der Waals surface area contributed by atoms with E-state index in [1.165, 1.54) is 23.5 Å². The number of carbonyl (C=O) groups excluding carboxylic acids is 1. The Kier molecular flexibility index (Phi) is 4.59. The molecule has 128 valence electrons. The van der Waals surface area contributed by atoms with Crippen molar-refractivity contribution in [2.24, 2.45) is 0 Å². The number of hydrogen-bond donors (Lipinski definition) is 1. The van der Waals surface area contributed by atoms with Crippen molar-refractivity contribution in [1.29, 1.82) is 0 Å². The number of benzene rings is 2. The third kappa shape index (κ3) is 4.06. The van der Waals surface area contributed by atoms with Crippen LogP contribution in [-0.4, -0.2) is 10.9 Å². The molecule has 0 fully saturated rings. The molecule has 0 radical (unpaired) electrons. The highest BCUT2D eigenvalue weighted by atomic mass is 32.1. The van der Waals surface area contributed by atoms with E-state index in [0.717, 1.165) is 28.4 Å². The van der Waals surface area contributed by atoms with Gasteiger partial charge in [-0.15, -0.1) is 11.3 Å². The van der Waals surface area contributed by atoms with E-state index in [4.69, 9.17) is 0 Å². The molecule has 3 nitrogen and oxygen atoms in total. The predicted molar refractivity (Wildman–Crippen MR) is 91.7 cm³/mol. The van der Waals surface area contributed by atoms with Gasteiger partial charge in [0.25, 0.3) is 5.91 Å². The predicted octanol–water partition coefficient (Wildman–Crippen LogP) is 5.39. The lowest BCUT2D eigenvalue weighted by atomic mass is 10.1. The Labute approximate surface area is 146 Å². The van der Waals surface area contributed by atoms with Gasteiger partial charge in [-0.05, 0) is 37.3 Å². The molecule has 25 heavy (non-hydrogen) atoms. The fourth-order valence-corrected chi connectivity index (χ4v) is 2.89. The van der Waals surface area contributed by atoms with E-state index in [2.05, 4.69) is 10.3 Å². The Morgan fingerprint density at radius 2 is 1.84 bits per heavy atom. The molecular formula is C18H13F3N2OS. The summed E-state index contributed by atoms with van der Waals surface area (Å²) < 4.78 is 38.2. The molecule has 1 aromatic heterocycles. The molecule has 0 saturated heterocycles. The van der Waals surface area contributed by atoms with Crippen molar-refractivity contribution < 1.29 is 18.0 Å². The van der Waals surface area contributed by atoms with Gasteiger partial charge in [-0.25, -0.2) is 4.98 Å². The van der Waals surface area contributed by atoms with Crippen molar-refractivity contribution >= 4 is 22.9 Å². The summed E-state index contributed by atoms with van der Waals surface area (Å²) in [5.74, 6) is -0.472. The van der Waals surface area contributed by atoms with Crippen molar-refractivity contribution in [2.75, 3.05) is 5.32 Å². The molecule has 7 heteroatoms. The summed E-state index contributed by atoms with van der Waals surface area (Å²) in [5, 5.41) is 5.35. The minimum absolute atomic E-state index is 0.0963. The van der Waals surface area contributed by atoms with Crippen LogP contribution in [0.25, 0.3) is 11.3 Å². The third-order valence-electron chi connectivity index (χ3n) is 3.51. The molecule has 2 aromatic carbocycles. The number of nitrogens with one attached hydrogen (secondary N) is 1. The molecule has 0 unspecified atom stereocenters. The molecule has 0 aliphatic heterocycles. The Morgan fingerprint density at radius 1 is 1.12 bits per heavy atom. The van der Waals surface area contributed by atoms with Gasteiger partial charge in [0.15, 0.2) is 0 Å². The summed E-state index contributed by atoms with van der Waals surface area (Å²) in [4.78, 5) is 16.6. The molecule has 3 aromatic rings. The number of thiazole rings is 1. The average Bonchev–Trinajstić information content (AvgIpc) is 3.01. The van der Waals surface area contributed by atoms with Gasteiger partial charge >= 0.3 is 6.18 Å². The van der Waals surface area contributed by atoms with E-state index in [-0.39, 0.29) is 5.69 Å². The van der Waals surface area contributed by atoms with Crippen molar-refractivity contribution in [1.82, 2.24) is 4.98 Å². The molecule has 1 heterocycles. The number of anilines is 1.